The Morgan fingerprint density at radius 1 is 1.23 bits per heavy atom. The third-order valence-electron chi connectivity index (χ3n) is 4.05. The average molecular weight is 443 g/mol. The number of amides is 2. The van der Waals surface area contributed by atoms with Gasteiger partial charge < -0.3 is 19.7 Å². The predicted octanol–water partition coefficient (Wildman–Crippen LogP) is 4.59. The van der Waals surface area contributed by atoms with E-state index in [-0.39, 0.29) is 5.69 Å². The molecule has 0 bridgehead atoms. The molecule has 0 fully saturated rings. The van der Waals surface area contributed by atoms with Crippen molar-refractivity contribution in [2.24, 2.45) is 0 Å². The number of alkyl halides is 3. The van der Waals surface area contributed by atoms with Gasteiger partial charge in [-0.15, -0.1) is 24.5 Å². The van der Waals surface area contributed by atoms with Crippen molar-refractivity contribution in [3.05, 3.63) is 39.8 Å². The van der Waals surface area contributed by atoms with Crippen molar-refractivity contribution in [3.8, 4) is 5.75 Å². The number of anilines is 1. The second kappa shape index (κ2) is 8.13. The fraction of sp³-hybridized carbons (Fsp3) is 0.421. The van der Waals surface area contributed by atoms with E-state index in [1.807, 2.05) is 0 Å². The monoisotopic (exact) mass is 443 g/mol. The van der Waals surface area contributed by atoms with Crippen LogP contribution < -0.4 is 10.1 Å². The summed E-state index contributed by atoms with van der Waals surface area (Å²) in [6.07, 6.45) is -2.67. The minimum absolute atomic E-state index is 0.0768. The number of carbonyl (C=O) groups excluding carboxylic acids is 2. The molecule has 0 saturated carbocycles. The molecule has 2 amide bonds. The molecule has 0 aliphatic carbocycles. The third-order valence-corrected chi connectivity index (χ3v) is 5.06. The Bertz CT molecular complexity index is 953. The molecule has 3 rings (SSSR count). The summed E-state index contributed by atoms with van der Waals surface area (Å²) in [5, 5.41) is 4.21. The van der Waals surface area contributed by atoms with Crippen molar-refractivity contribution >= 4 is 29.0 Å². The summed E-state index contributed by atoms with van der Waals surface area (Å²) in [5.74, 6) is -0.996. The zero-order valence-electron chi connectivity index (χ0n) is 16.5. The molecule has 2 aromatic rings. The summed E-state index contributed by atoms with van der Waals surface area (Å²) in [7, 11) is 0. The number of hydrogen-bond donors (Lipinski definition) is 1. The first kappa shape index (κ1) is 21.9. The van der Waals surface area contributed by atoms with Crippen molar-refractivity contribution in [3.63, 3.8) is 0 Å². The van der Waals surface area contributed by atoms with Gasteiger partial charge in [0.2, 0.25) is 0 Å². The Labute approximate surface area is 174 Å². The van der Waals surface area contributed by atoms with Gasteiger partial charge in [0.05, 0.1) is 30.2 Å². The molecule has 162 valence electrons. The number of thiophene rings is 1. The number of fused-ring (bicyclic) bond motifs is 1. The number of halogens is 3. The van der Waals surface area contributed by atoms with Crippen LogP contribution in [0, 0.1) is 0 Å². The fourth-order valence-electron chi connectivity index (χ4n) is 2.88. The Kier molecular flexibility index (Phi) is 5.93. The van der Waals surface area contributed by atoms with Crippen LogP contribution in [0.3, 0.4) is 0 Å². The van der Waals surface area contributed by atoms with Crippen molar-refractivity contribution in [2.75, 3.05) is 11.9 Å². The van der Waals surface area contributed by atoms with Gasteiger partial charge in [-0.2, -0.15) is 0 Å². The molecule has 0 radical (unpaired) electrons. The normalized spacial score (nSPS) is 14.1. The minimum atomic E-state index is -4.85. The van der Waals surface area contributed by atoms with Gasteiger partial charge in [0.25, 0.3) is 5.91 Å². The number of hydrogen-bond acceptors (Lipinski definition) is 6. The van der Waals surface area contributed by atoms with Crippen LogP contribution in [0.15, 0.2) is 23.8 Å². The van der Waals surface area contributed by atoms with E-state index in [1.165, 1.54) is 17.5 Å². The van der Waals surface area contributed by atoms with Crippen LogP contribution in [-0.4, -0.2) is 40.4 Å². The van der Waals surface area contributed by atoms with Crippen molar-refractivity contribution in [2.45, 2.75) is 45.7 Å². The maximum Gasteiger partial charge on any atom is 0.573 e. The maximum absolute atomic E-state index is 12.6. The summed E-state index contributed by atoms with van der Waals surface area (Å²) >= 11 is 1.34. The molecule has 0 aromatic carbocycles. The summed E-state index contributed by atoms with van der Waals surface area (Å²) in [6.45, 7) is 6.10. The van der Waals surface area contributed by atoms with Crippen LogP contribution in [0.5, 0.6) is 5.75 Å². The molecule has 2 aromatic heterocycles. The molecule has 1 aliphatic rings. The lowest BCUT2D eigenvalue weighted by atomic mass is 10.0. The van der Waals surface area contributed by atoms with E-state index in [2.05, 4.69) is 15.0 Å². The molecule has 7 nitrogen and oxygen atoms in total. The molecule has 0 spiro atoms. The number of carbonyl (C=O) groups is 2. The largest absolute Gasteiger partial charge is 0.573 e. The SMILES string of the molecule is CC(C)(C)OC(=O)N1CCc2c(C(=O)Nc3cncc(OC(F)(F)F)c3)csc2C1. The summed E-state index contributed by atoms with van der Waals surface area (Å²) in [5.41, 5.74) is 0.706. The van der Waals surface area contributed by atoms with E-state index >= 15 is 0 Å². The summed E-state index contributed by atoms with van der Waals surface area (Å²) in [4.78, 5) is 31.0. The first-order chi connectivity index (χ1) is 13.9. The predicted molar refractivity (Wildman–Crippen MR) is 104 cm³/mol. The Hall–Kier alpha value is -2.82. The first-order valence-electron chi connectivity index (χ1n) is 9.00. The number of rotatable bonds is 3. The molecule has 1 N–H and O–H groups in total. The second-order valence-corrected chi connectivity index (χ2v) is 8.58. The van der Waals surface area contributed by atoms with Crippen LogP contribution in [-0.2, 0) is 17.7 Å². The van der Waals surface area contributed by atoms with Crippen molar-refractivity contribution in [1.82, 2.24) is 9.88 Å². The van der Waals surface area contributed by atoms with Gasteiger partial charge in [-0.1, -0.05) is 0 Å². The highest BCUT2D eigenvalue weighted by Crippen LogP contribution is 2.30. The number of nitrogens with zero attached hydrogens (tertiary/aromatic N) is 2. The first-order valence-corrected chi connectivity index (χ1v) is 9.88. The fourth-order valence-corrected chi connectivity index (χ4v) is 3.97. The van der Waals surface area contributed by atoms with Gasteiger partial charge in [0.1, 0.15) is 11.4 Å². The number of ether oxygens (including phenoxy) is 2. The summed E-state index contributed by atoms with van der Waals surface area (Å²) in [6, 6.07) is 1.04. The van der Waals surface area contributed by atoms with E-state index in [4.69, 9.17) is 4.74 Å². The molecule has 0 atom stereocenters. The minimum Gasteiger partial charge on any atom is -0.444 e. The van der Waals surface area contributed by atoms with E-state index in [9.17, 15) is 22.8 Å². The molecule has 30 heavy (non-hydrogen) atoms. The van der Waals surface area contributed by atoms with Crippen LogP contribution in [0.25, 0.3) is 0 Å². The van der Waals surface area contributed by atoms with Crippen molar-refractivity contribution in [1.29, 1.82) is 0 Å². The van der Waals surface area contributed by atoms with Gasteiger partial charge in [-0.3, -0.25) is 9.78 Å². The van der Waals surface area contributed by atoms with Gasteiger partial charge in [0.15, 0.2) is 0 Å². The lowest BCUT2D eigenvalue weighted by Gasteiger charge is -2.30. The van der Waals surface area contributed by atoms with Gasteiger partial charge >= 0.3 is 12.5 Å². The van der Waals surface area contributed by atoms with Gasteiger partial charge in [0, 0.05) is 22.9 Å². The average Bonchev–Trinajstić information content (AvgIpc) is 3.02. The Morgan fingerprint density at radius 2 is 1.97 bits per heavy atom. The third kappa shape index (κ3) is 5.62. The lowest BCUT2D eigenvalue weighted by molar-refractivity contribution is -0.274. The Balaban J connectivity index is 1.69. The van der Waals surface area contributed by atoms with Gasteiger partial charge in [-0.25, -0.2) is 4.79 Å². The highest BCUT2D eigenvalue weighted by atomic mass is 32.1. The number of nitrogens with one attached hydrogen (secondary N) is 1. The van der Waals surface area contributed by atoms with E-state index in [1.54, 1.807) is 31.1 Å². The van der Waals surface area contributed by atoms with Crippen LogP contribution >= 0.6 is 11.3 Å². The number of aromatic nitrogens is 1. The number of pyridine rings is 1. The standard InChI is InChI=1S/C19H20F3N3O4S/c1-18(2,3)29-17(27)25-5-4-13-14(10-30-15(13)9-25)16(26)24-11-6-12(8-23-7-11)28-19(20,21)22/h6-8,10H,4-5,9H2,1-3H3,(H,24,26). The molecule has 3 heterocycles. The highest BCUT2D eigenvalue weighted by molar-refractivity contribution is 7.10. The van der Waals surface area contributed by atoms with E-state index < -0.39 is 29.7 Å². The molecule has 11 heteroatoms. The molecular formula is C19H20F3N3O4S. The van der Waals surface area contributed by atoms with Crippen LogP contribution in [0.4, 0.5) is 23.7 Å². The topological polar surface area (TPSA) is 80.8 Å². The molecular weight excluding hydrogens is 423 g/mol. The van der Waals surface area contributed by atoms with E-state index in [0.717, 1.165) is 22.7 Å². The van der Waals surface area contributed by atoms with Gasteiger partial charge in [-0.05, 0) is 32.8 Å². The molecule has 0 saturated heterocycles. The molecule has 0 unspecified atom stereocenters. The maximum atomic E-state index is 12.6. The van der Waals surface area contributed by atoms with Crippen LogP contribution in [0.2, 0.25) is 0 Å². The summed E-state index contributed by atoms with van der Waals surface area (Å²) < 4.78 is 46.3. The smallest absolute Gasteiger partial charge is 0.444 e. The zero-order valence-corrected chi connectivity index (χ0v) is 17.3. The Morgan fingerprint density at radius 3 is 2.63 bits per heavy atom. The lowest BCUT2D eigenvalue weighted by Crippen LogP contribution is -2.39. The van der Waals surface area contributed by atoms with E-state index in [0.29, 0.717) is 25.1 Å². The quantitative estimate of drug-likeness (QED) is 0.751. The van der Waals surface area contributed by atoms with Crippen LogP contribution in [0.1, 0.15) is 41.6 Å². The second-order valence-electron chi connectivity index (χ2n) is 7.61. The highest BCUT2D eigenvalue weighted by Gasteiger charge is 2.32. The molecule has 1 aliphatic heterocycles. The zero-order chi connectivity index (χ0) is 22.1. The van der Waals surface area contributed by atoms with Crippen molar-refractivity contribution < 1.29 is 32.2 Å².